The van der Waals surface area contributed by atoms with Crippen molar-refractivity contribution >= 4 is 50.7 Å². The highest BCUT2D eigenvalue weighted by atomic mass is 32.1. The molecule has 0 aliphatic rings. The van der Waals surface area contributed by atoms with Crippen LogP contribution in [0.4, 0.5) is 5.82 Å². The Balaban J connectivity index is 1.76. The number of benzene rings is 2. The van der Waals surface area contributed by atoms with E-state index >= 15 is 0 Å². The summed E-state index contributed by atoms with van der Waals surface area (Å²) in [7, 11) is 0. The van der Waals surface area contributed by atoms with Gasteiger partial charge in [-0.2, -0.15) is 9.62 Å². The van der Waals surface area contributed by atoms with Gasteiger partial charge in [0.25, 0.3) is 5.56 Å². The first-order chi connectivity index (χ1) is 13.3. The second-order valence-electron chi connectivity index (χ2n) is 5.95. The Morgan fingerprint density at radius 2 is 1.74 bits per heavy atom. The molecule has 130 valence electrons. The van der Waals surface area contributed by atoms with Crippen LogP contribution in [0.25, 0.3) is 27.3 Å². The first-order valence-electron chi connectivity index (χ1n) is 8.34. The van der Waals surface area contributed by atoms with E-state index < -0.39 is 0 Å². The Kier molecular flexibility index (Phi) is 3.65. The largest absolute Gasteiger partial charge is 0.282 e. The molecule has 5 rings (SSSR count). The van der Waals surface area contributed by atoms with Crippen molar-refractivity contribution in [3.05, 3.63) is 81.3 Å². The van der Waals surface area contributed by atoms with Crippen molar-refractivity contribution < 1.29 is 0 Å². The van der Waals surface area contributed by atoms with Crippen molar-refractivity contribution in [3.63, 3.8) is 0 Å². The van der Waals surface area contributed by atoms with E-state index in [1.807, 2.05) is 60.0 Å². The third kappa shape index (κ3) is 2.65. The Labute approximate surface area is 157 Å². The summed E-state index contributed by atoms with van der Waals surface area (Å²) in [5.74, 6) is 0.505. The first-order valence-corrected chi connectivity index (χ1v) is 9.22. The number of rotatable bonds is 3. The van der Waals surface area contributed by atoms with Gasteiger partial charge in [-0.15, -0.1) is 16.4 Å². The molecule has 7 heteroatoms. The molecule has 2 aromatic carbocycles. The van der Waals surface area contributed by atoms with Gasteiger partial charge in [-0.25, -0.2) is 4.98 Å². The molecule has 27 heavy (non-hydrogen) atoms. The molecule has 0 bridgehead atoms. The predicted molar refractivity (Wildman–Crippen MR) is 110 cm³/mol. The minimum absolute atomic E-state index is 0.202. The molecule has 3 heterocycles. The number of hydrogen-bond donors (Lipinski definition) is 1. The number of anilines is 1. The van der Waals surface area contributed by atoms with Crippen molar-refractivity contribution in [2.45, 2.75) is 0 Å². The van der Waals surface area contributed by atoms with E-state index in [9.17, 15) is 4.79 Å². The van der Waals surface area contributed by atoms with Gasteiger partial charge in [-0.1, -0.05) is 42.5 Å². The maximum absolute atomic E-state index is 12.9. The summed E-state index contributed by atoms with van der Waals surface area (Å²) in [5.41, 5.74) is 3.96. The standard InChI is InChI=1S/C20H13N5OS/c26-20-16-9-3-4-10-17(16)22-19-15-8-2-1-7-14(15)18(24-25(19)20)23-21-12-13-6-5-11-27-13/h1-12H,(H,23,24)/b21-12+. The van der Waals surface area contributed by atoms with E-state index in [-0.39, 0.29) is 5.56 Å². The molecular formula is C20H13N5OS. The highest BCUT2D eigenvalue weighted by molar-refractivity contribution is 7.11. The van der Waals surface area contributed by atoms with Crippen molar-refractivity contribution in [1.29, 1.82) is 0 Å². The van der Waals surface area contributed by atoms with E-state index in [4.69, 9.17) is 0 Å². The smallest absolute Gasteiger partial charge is 0.267 e. The molecule has 5 aromatic rings. The Hall–Kier alpha value is -3.58. The summed E-state index contributed by atoms with van der Waals surface area (Å²) in [5, 5.41) is 13.0. The topological polar surface area (TPSA) is 71.7 Å². The third-order valence-electron chi connectivity index (χ3n) is 4.28. The lowest BCUT2D eigenvalue weighted by molar-refractivity contribution is 0.892. The maximum Gasteiger partial charge on any atom is 0.282 e. The lowest BCUT2D eigenvalue weighted by Crippen LogP contribution is -2.19. The van der Waals surface area contributed by atoms with Crippen LogP contribution >= 0.6 is 11.3 Å². The highest BCUT2D eigenvalue weighted by Gasteiger charge is 2.12. The number of nitrogens with zero attached hydrogens (tertiary/aromatic N) is 4. The van der Waals surface area contributed by atoms with Crippen LogP contribution in [0, 0.1) is 0 Å². The highest BCUT2D eigenvalue weighted by Crippen LogP contribution is 2.24. The van der Waals surface area contributed by atoms with Crippen LogP contribution in [-0.2, 0) is 0 Å². The van der Waals surface area contributed by atoms with Crippen LogP contribution in [-0.4, -0.2) is 20.8 Å². The summed E-state index contributed by atoms with van der Waals surface area (Å²) in [6.45, 7) is 0. The average Bonchev–Trinajstić information content (AvgIpc) is 3.22. The van der Waals surface area contributed by atoms with Gasteiger partial charge in [-0.3, -0.25) is 10.2 Å². The Morgan fingerprint density at radius 3 is 2.56 bits per heavy atom. The molecule has 0 saturated carbocycles. The SMILES string of the molecule is O=c1c2ccccc2nc2c3ccccc3c(N/N=C/c3cccs3)nn12. The number of hydrazone groups is 1. The van der Waals surface area contributed by atoms with Crippen LogP contribution in [0.2, 0.25) is 0 Å². The number of para-hydroxylation sites is 1. The van der Waals surface area contributed by atoms with Gasteiger partial charge in [0.15, 0.2) is 11.5 Å². The van der Waals surface area contributed by atoms with Crippen LogP contribution in [0.3, 0.4) is 0 Å². The van der Waals surface area contributed by atoms with Gasteiger partial charge < -0.3 is 0 Å². The van der Waals surface area contributed by atoms with Gasteiger partial charge >= 0.3 is 0 Å². The summed E-state index contributed by atoms with van der Waals surface area (Å²) >= 11 is 1.59. The molecule has 3 aromatic heterocycles. The van der Waals surface area contributed by atoms with E-state index in [0.717, 1.165) is 15.6 Å². The van der Waals surface area contributed by atoms with E-state index in [1.54, 1.807) is 23.6 Å². The number of fused-ring (bicyclic) bond motifs is 4. The number of nitrogens with one attached hydrogen (secondary N) is 1. The Morgan fingerprint density at radius 1 is 0.963 bits per heavy atom. The maximum atomic E-state index is 12.9. The van der Waals surface area contributed by atoms with Gasteiger partial charge in [0.2, 0.25) is 0 Å². The molecular weight excluding hydrogens is 358 g/mol. The van der Waals surface area contributed by atoms with Gasteiger partial charge in [0, 0.05) is 15.6 Å². The van der Waals surface area contributed by atoms with Gasteiger partial charge in [0.05, 0.1) is 17.1 Å². The number of aromatic nitrogens is 3. The van der Waals surface area contributed by atoms with Crippen molar-refractivity contribution in [3.8, 4) is 0 Å². The van der Waals surface area contributed by atoms with E-state index in [0.29, 0.717) is 22.4 Å². The molecule has 0 saturated heterocycles. The molecule has 0 unspecified atom stereocenters. The average molecular weight is 371 g/mol. The minimum Gasteiger partial charge on any atom is -0.267 e. The van der Waals surface area contributed by atoms with E-state index in [1.165, 1.54) is 4.52 Å². The lowest BCUT2D eigenvalue weighted by atomic mass is 10.1. The molecule has 0 radical (unpaired) electrons. The van der Waals surface area contributed by atoms with Crippen LogP contribution in [0.1, 0.15) is 4.88 Å². The molecule has 0 fully saturated rings. The molecule has 0 aliphatic carbocycles. The first kappa shape index (κ1) is 15.7. The number of hydrogen-bond acceptors (Lipinski definition) is 6. The van der Waals surface area contributed by atoms with Crippen molar-refractivity contribution in [1.82, 2.24) is 14.6 Å². The van der Waals surface area contributed by atoms with Gasteiger partial charge in [-0.05, 0) is 23.6 Å². The molecule has 0 amide bonds. The monoisotopic (exact) mass is 371 g/mol. The third-order valence-corrected chi connectivity index (χ3v) is 5.09. The van der Waals surface area contributed by atoms with Crippen molar-refractivity contribution in [2.75, 3.05) is 5.43 Å². The fourth-order valence-electron chi connectivity index (χ4n) is 3.03. The second-order valence-corrected chi connectivity index (χ2v) is 6.93. The summed E-state index contributed by atoms with van der Waals surface area (Å²) in [4.78, 5) is 18.6. The van der Waals surface area contributed by atoms with Crippen LogP contribution in [0.5, 0.6) is 0 Å². The molecule has 1 N–H and O–H groups in total. The van der Waals surface area contributed by atoms with Crippen LogP contribution < -0.4 is 11.0 Å². The summed E-state index contributed by atoms with van der Waals surface area (Å²) < 4.78 is 1.34. The molecule has 0 spiro atoms. The Bertz CT molecular complexity index is 1370. The molecule has 0 aliphatic heterocycles. The summed E-state index contributed by atoms with van der Waals surface area (Å²) in [6, 6.07) is 18.9. The second kappa shape index (κ2) is 6.30. The predicted octanol–water partition coefficient (Wildman–Crippen LogP) is 3.90. The fourth-order valence-corrected chi connectivity index (χ4v) is 3.62. The summed E-state index contributed by atoms with van der Waals surface area (Å²) in [6.07, 6.45) is 1.73. The molecule has 6 nitrogen and oxygen atoms in total. The zero-order chi connectivity index (χ0) is 18.2. The van der Waals surface area contributed by atoms with Gasteiger partial charge in [0.1, 0.15) is 0 Å². The quantitative estimate of drug-likeness (QED) is 0.226. The number of thiophene rings is 1. The normalized spacial score (nSPS) is 11.7. The van der Waals surface area contributed by atoms with E-state index in [2.05, 4.69) is 20.6 Å². The minimum atomic E-state index is -0.202. The zero-order valence-electron chi connectivity index (χ0n) is 14.0. The zero-order valence-corrected chi connectivity index (χ0v) is 14.9. The fraction of sp³-hybridized carbons (Fsp3) is 0. The van der Waals surface area contributed by atoms with Crippen molar-refractivity contribution in [2.24, 2.45) is 5.10 Å². The van der Waals surface area contributed by atoms with Crippen LogP contribution in [0.15, 0.2) is 75.9 Å². The molecule has 0 atom stereocenters. The lowest BCUT2D eigenvalue weighted by Gasteiger charge is -2.09.